The fraction of sp³-hybridized carbons (Fsp3) is 0.333. The molecular formula is C21H22N4O2S. The highest BCUT2D eigenvalue weighted by Gasteiger charge is 2.24. The van der Waals surface area contributed by atoms with E-state index in [2.05, 4.69) is 14.4 Å². The van der Waals surface area contributed by atoms with Gasteiger partial charge in [0.25, 0.3) is 10.0 Å². The summed E-state index contributed by atoms with van der Waals surface area (Å²) in [6.07, 6.45) is 11.1. The van der Waals surface area contributed by atoms with Crippen molar-refractivity contribution in [2.24, 2.45) is 0 Å². The zero-order valence-electron chi connectivity index (χ0n) is 15.7. The molecule has 0 radical (unpaired) electrons. The summed E-state index contributed by atoms with van der Waals surface area (Å²) in [7, 11) is -3.71. The molecule has 0 N–H and O–H groups in total. The van der Waals surface area contributed by atoms with Gasteiger partial charge in [0.15, 0.2) is 5.65 Å². The fourth-order valence-corrected chi connectivity index (χ4v) is 5.52. The van der Waals surface area contributed by atoms with E-state index in [-0.39, 0.29) is 4.90 Å². The second kappa shape index (κ2) is 6.44. The Labute approximate surface area is 163 Å². The Kier molecular flexibility index (Phi) is 4.01. The van der Waals surface area contributed by atoms with Gasteiger partial charge in [-0.05, 0) is 38.0 Å². The maximum Gasteiger partial charge on any atom is 0.269 e. The topological polar surface area (TPSA) is 69.3 Å². The van der Waals surface area contributed by atoms with E-state index in [4.69, 9.17) is 0 Å². The molecule has 0 amide bonds. The number of hydrogen-bond acceptors (Lipinski definition) is 4. The first-order valence-electron chi connectivity index (χ1n) is 9.71. The first kappa shape index (κ1) is 17.4. The molecule has 144 valence electrons. The molecule has 0 saturated heterocycles. The lowest BCUT2D eigenvalue weighted by Crippen LogP contribution is -2.13. The van der Waals surface area contributed by atoms with Gasteiger partial charge in [-0.2, -0.15) is 0 Å². The van der Waals surface area contributed by atoms with Gasteiger partial charge in [-0.1, -0.05) is 37.0 Å². The highest BCUT2D eigenvalue weighted by atomic mass is 32.2. The largest absolute Gasteiger partial charge is 0.291 e. The zero-order chi connectivity index (χ0) is 19.3. The van der Waals surface area contributed by atoms with Crippen LogP contribution in [0.5, 0.6) is 0 Å². The summed E-state index contributed by atoms with van der Waals surface area (Å²) in [6.45, 7) is 1.94. The summed E-state index contributed by atoms with van der Waals surface area (Å²) >= 11 is 0. The highest BCUT2D eigenvalue weighted by molar-refractivity contribution is 7.90. The molecule has 0 bridgehead atoms. The predicted octanol–water partition coefficient (Wildman–Crippen LogP) is 4.28. The van der Waals surface area contributed by atoms with E-state index in [0.29, 0.717) is 11.6 Å². The lowest BCUT2D eigenvalue weighted by Gasteiger charge is -2.20. The summed E-state index contributed by atoms with van der Waals surface area (Å²) in [5, 5.41) is 0. The lowest BCUT2D eigenvalue weighted by molar-refractivity contribution is 0.428. The molecule has 1 aliphatic carbocycles. The molecule has 4 aromatic rings. The minimum atomic E-state index is -3.71. The van der Waals surface area contributed by atoms with Gasteiger partial charge in [0.2, 0.25) is 0 Å². The molecule has 3 aromatic heterocycles. The number of benzene rings is 1. The van der Waals surface area contributed by atoms with Gasteiger partial charge >= 0.3 is 0 Å². The SMILES string of the molecule is Cc1ccc(S(=O)(=O)n2ccc3c2ncc2cnc(C4CCCCC4)n23)cc1. The number of nitrogens with zero attached hydrogens (tertiary/aromatic N) is 4. The molecule has 1 saturated carbocycles. The van der Waals surface area contributed by atoms with Crippen LogP contribution in [0.15, 0.2) is 53.8 Å². The predicted molar refractivity (Wildman–Crippen MR) is 108 cm³/mol. The maximum absolute atomic E-state index is 13.2. The first-order valence-corrected chi connectivity index (χ1v) is 11.2. The molecule has 1 aliphatic rings. The van der Waals surface area contributed by atoms with Crippen LogP contribution in [0.1, 0.15) is 49.4 Å². The number of imidazole rings is 1. The van der Waals surface area contributed by atoms with Crippen molar-refractivity contribution in [3.05, 3.63) is 60.3 Å². The molecule has 1 fully saturated rings. The number of fused-ring (bicyclic) bond motifs is 3. The average Bonchev–Trinajstić information content (AvgIpc) is 3.33. The minimum Gasteiger partial charge on any atom is -0.291 e. The molecule has 28 heavy (non-hydrogen) atoms. The lowest BCUT2D eigenvalue weighted by atomic mass is 9.89. The second-order valence-electron chi connectivity index (χ2n) is 7.61. The Morgan fingerprint density at radius 3 is 2.43 bits per heavy atom. The Morgan fingerprint density at radius 1 is 0.964 bits per heavy atom. The zero-order valence-corrected chi connectivity index (χ0v) is 16.6. The van der Waals surface area contributed by atoms with Crippen LogP contribution >= 0.6 is 0 Å². The number of rotatable bonds is 3. The van der Waals surface area contributed by atoms with Crippen LogP contribution in [0.25, 0.3) is 16.7 Å². The average molecular weight is 395 g/mol. The van der Waals surface area contributed by atoms with Crippen LogP contribution in [0.2, 0.25) is 0 Å². The van der Waals surface area contributed by atoms with Gasteiger partial charge in [0.05, 0.1) is 28.3 Å². The molecule has 0 aliphatic heterocycles. The van der Waals surface area contributed by atoms with Crippen LogP contribution in [0.3, 0.4) is 0 Å². The van der Waals surface area contributed by atoms with Crippen molar-refractivity contribution in [1.29, 1.82) is 0 Å². The summed E-state index contributed by atoms with van der Waals surface area (Å²) in [6, 6.07) is 8.72. The van der Waals surface area contributed by atoms with E-state index < -0.39 is 10.0 Å². The molecule has 6 nitrogen and oxygen atoms in total. The van der Waals surface area contributed by atoms with Crippen LogP contribution in [-0.2, 0) is 10.0 Å². The standard InChI is InChI=1S/C21H22N4O2S/c1-15-7-9-18(10-8-15)28(26,27)24-12-11-19-21(24)23-14-17-13-22-20(25(17)19)16-5-3-2-4-6-16/h7-14,16H,2-6H2,1H3. The Bertz CT molecular complexity index is 1260. The molecule has 3 heterocycles. The van der Waals surface area contributed by atoms with Crippen molar-refractivity contribution in [3.8, 4) is 0 Å². The normalized spacial score (nSPS) is 16.2. The molecule has 7 heteroatoms. The van der Waals surface area contributed by atoms with Crippen LogP contribution in [0.4, 0.5) is 0 Å². The van der Waals surface area contributed by atoms with E-state index >= 15 is 0 Å². The summed E-state index contributed by atoms with van der Waals surface area (Å²) in [5.41, 5.74) is 3.14. The Hall–Kier alpha value is -2.67. The fourth-order valence-electron chi connectivity index (χ4n) is 4.22. The quantitative estimate of drug-likeness (QED) is 0.520. The summed E-state index contributed by atoms with van der Waals surface area (Å²) in [4.78, 5) is 9.39. The number of aromatic nitrogens is 4. The van der Waals surface area contributed by atoms with Gasteiger partial charge in [0.1, 0.15) is 5.82 Å². The summed E-state index contributed by atoms with van der Waals surface area (Å²) in [5.74, 6) is 1.44. The van der Waals surface area contributed by atoms with Crippen LogP contribution in [-0.4, -0.2) is 26.8 Å². The van der Waals surface area contributed by atoms with Crippen molar-refractivity contribution in [3.63, 3.8) is 0 Å². The molecule has 5 rings (SSSR count). The third-order valence-corrected chi connectivity index (χ3v) is 7.41. The molecule has 1 aromatic carbocycles. The van der Waals surface area contributed by atoms with E-state index in [0.717, 1.165) is 35.3 Å². The highest BCUT2D eigenvalue weighted by Crippen LogP contribution is 2.33. The number of aryl methyl sites for hydroxylation is 1. The van der Waals surface area contributed by atoms with E-state index in [9.17, 15) is 8.42 Å². The van der Waals surface area contributed by atoms with Crippen molar-refractivity contribution >= 4 is 26.7 Å². The molecule has 0 spiro atoms. The van der Waals surface area contributed by atoms with Crippen LogP contribution in [0, 0.1) is 6.92 Å². The maximum atomic E-state index is 13.2. The van der Waals surface area contributed by atoms with Crippen molar-refractivity contribution in [2.45, 2.75) is 49.8 Å². The third kappa shape index (κ3) is 2.64. The molecular weight excluding hydrogens is 372 g/mol. The first-order chi connectivity index (χ1) is 13.6. The summed E-state index contributed by atoms with van der Waals surface area (Å²) < 4.78 is 29.7. The Morgan fingerprint density at radius 2 is 1.68 bits per heavy atom. The van der Waals surface area contributed by atoms with Crippen molar-refractivity contribution in [2.75, 3.05) is 0 Å². The van der Waals surface area contributed by atoms with Crippen molar-refractivity contribution < 1.29 is 8.42 Å². The monoisotopic (exact) mass is 394 g/mol. The van der Waals surface area contributed by atoms with Gasteiger partial charge in [-0.15, -0.1) is 0 Å². The van der Waals surface area contributed by atoms with Crippen molar-refractivity contribution in [1.82, 2.24) is 18.3 Å². The van der Waals surface area contributed by atoms with E-state index in [1.54, 1.807) is 36.7 Å². The number of hydrogen-bond donors (Lipinski definition) is 0. The second-order valence-corrected chi connectivity index (χ2v) is 9.42. The van der Waals surface area contributed by atoms with Gasteiger partial charge in [-0.25, -0.2) is 22.4 Å². The van der Waals surface area contributed by atoms with Crippen LogP contribution < -0.4 is 0 Å². The van der Waals surface area contributed by atoms with E-state index in [1.165, 1.54) is 23.2 Å². The Balaban J connectivity index is 1.69. The third-order valence-electron chi connectivity index (χ3n) is 5.73. The smallest absolute Gasteiger partial charge is 0.269 e. The molecule has 0 unspecified atom stereocenters. The molecule has 0 atom stereocenters. The van der Waals surface area contributed by atoms with E-state index in [1.807, 2.05) is 19.2 Å². The van der Waals surface area contributed by atoms with Gasteiger partial charge in [-0.3, -0.25) is 4.40 Å². The van der Waals surface area contributed by atoms with Gasteiger partial charge < -0.3 is 0 Å². The van der Waals surface area contributed by atoms with Gasteiger partial charge in [0, 0.05) is 12.1 Å². The minimum absolute atomic E-state index is 0.260.